The fourth-order valence-corrected chi connectivity index (χ4v) is 2.64. The molecule has 1 heterocycles. The molecule has 0 bridgehead atoms. The number of aliphatic hydroxyl groups is 1. The van der Waals surface area contributed by atoms with Crippen LogP contribution in [0.3, 0.4) is 0 Å². The molecule has 2 N–H and O–H groups in total. The van der Waals surface area contributed by atoms with Gasteiger partial charge in [-0.25, -0.2) is 4.79 Å². The number of carbonyl (C=O) groups excluding carboxylic acids is 1. The Morgan fingerprint density at radius 1 is 1.39 bits per heavy atom. The number of carbonyl (C=O) groups is 1. The third kappa shape index (κ3) is 4.94. The van der Waals surface area contributed by atoms with E-state index in [4.69, 9.17) is 0 Å². The van der Waals surface area contributed by atoms with Gasteiger partial charge in [0, 0.05) is 32.1 Å². The Morgan fingerprint density at radius 3 is 2.65 bits per heavy atom. The van der Waals surface area contributed by atoms with Gasteiger partial charge in [0.05, 0.1) is 5.60 Å². The molecule has 2 amide bonds. The van der Waals surface area contributed by atoms with E-state index >= 15 is 0 Å². The lowest BCUT2D eigenvalue weighted by atomic mass is 9.85. The number of hydrogen-bond acceptors (Lipinski definition) is 3. The van der Waals surface area contributed by atoms with Gasteiger partial charge in [-0.1, -0.05) is 31.2 Å². The third-order valence-electron chi connectivity index (χ3n) is 4.60. The Hall–Kier alpha value is -1.59. The van der Waals surface area contributed by atoms with Gasteiger partial charge >= 0.3 is 6.03 Å². The van der Waals surface area contributed by atoms with Crippen molar-refractivity contribution in [2.75, 3.05) is 26.7 Å². The van der Waals surface area contributed by atoms with Crippen LogP contribution in [0.1, 0.15) is 31.9 Å². The molecule has 1 fully saturated rings. The predicted octanol–water partition coefficient (Wildman–Crippen LogP) is 2.05. The van der Waals surface area contributed by atoms with Gasteiger partial charge in [0.1, 0.15) is 0 Å². The largest absolute Gasteiger partial charge is 0.390 e. The first-order valence-corrected chi connectivity index (χ1v) is 8.31. The summed E-state index contributed by atoms with van der Waals surface area (Å²) in [6, 6.07) is 8.27. The van der Waals surface area contributed by atoms with Crippen molar-refractivity contribution in [3.8, 4) is 0 Å². The van der Waals surface area contributed by atoms with Crippen LogP contribution in [-0.2, 0) is 13.1 Å². The van der Waals surface area contributed by atoms with Crippen LogP contribution < -0.4 is 5.32 Å². The van der Waals surface area contributed by atoms with Crippen molar-refractivity contribution >= 4 is 6.03 Å². The minimum atomic E-state index is -0.712. The van der Waals surface area contributed by atoms with Gasteiger partial charge < -0.3 is 20.2 Å². The molecule has 23 heavy (non-hydrogen) atoms. The molecule has 0 saturated carbocycles. The maximum Gasteiger partial charge on any atom is 0.317 e. The first-order valence-electron chi connectivity index (χ1n) is 8.31. The minimum absolute atomic E-state index is 0.0541. The lowest BCUT2D eigenvalue weighted by Gasteiger charge is -2.45. The SMILES string of the molecule is CCN(C)Cc1cccc(CNC(=O)N2CC(C(C)(C)O)C2)c1. The van der Waals surface area contributed by atoms with E-state index in [0.29, 0.717) is 19.6 Å². The van der Waals surface area contributed by atoms with E-state index < -0.39 is 5.60 Å². The Morgan fingerprint density at radius 2 is 2.04 bits per heavy atom. The maximum atomic E-state index is 12.1. The number of likely N-dealkylation sites (tertiary alicyclic amines) is 1. The number of rotatable bonds is 6. The molecule has 5 heteroatoms. The fraction of sp³-hybridized carbons (Fsp3) is 0.611. The molecular formula is C18H29N3O2. The van der Waals surface area contributed by atoms with E-state index in [9.17, 15) is 9.90 Å². The highest BCUT2D eigenvalue weighted by Gasteiger charge is 2.39. The summed E-state index contributed by atoms with van der Waals surface area (Å²) >= 11 is 0. The quantitative estimate of drug-likeness (QED) is 0.844. The lowest BCUT2D eigenvalue weighted by Crippen LogP contribution is -2.59. The molecule has 1 aromatic carbocycles. The number of amides is 2. The van der Waals surface area contributed by atoms with E-state index in [1.54, 1.807) is 18.7 Å². The molecule has 128 valence electrons. The van der Waals surface area contributed by atoms with Crippen molar-refractivity contribution in [3.05, 3.63) is 35.4 Å². The number of urea groups is 1. The van der Waals surface area contributed by atoms with Gasteiger partial charge in [-0.05, 0) is 38.6 Å². The Labute approximate surface area is 139 Å². The fourth-order valence-electron chi connectivity index (χ4n) is 2.64. The van der Waals surface area contributed by atoms with Crippen molar-refractivity contribution in [2.24, 2.45) is 5.92 Å². The van der Waals surface area contributed by atoms with Crippen molar-refractivity contribution in [1.82, 2.24) is 15.1 Å². The first-order chi connectivity index (χ1) is 10.8. The monoisotopic (exact) mass is 319 g/mol. The number of nitrogens with zero attached hydrogens (tertiary/aromatic N) is 2. The van der Waals surface area contributed by atoms with E-state index in [2.05, 4.69) is 36.3 Å². The van der Waals surface area contributed by atoms with Gasteiger partial charge in [-0.15, -0.1) is 0 Å². The van der Waals surface area contributed by atoms with Gasteiger partial charge in [0.2, 0.25) is 0 Å². The zero-order valence-corrected chi connectivity index (χ0v) is 14.7. The Balaban J connectivity index is 1.80. The van der Waals surface area contributed by atoms with Crippen LogP contribution in [0.25, 0.3) is 0 Å². The Bertz CT molecular complexity index is 533. The number of benzene rings is 1. The zero-order valence-electron chi connectivity index (χ0n) is 14.7. The first kappa shape index (κ1) is 17.8. The molecule has 5 nitrogen and oxygen atoms in total. The van der Waals surface area contributed by atoms with Gasteiger partial charge in [0.25, 0.3) is 0 Å². The molecule has 0 radical (unpaired) electrons. The van der Waals surface area contributed by atoms with Crippen molar-refractivity contribution in [3.63, 3.8) is 0 Å². The molecule has 1 saturated heterocycles. The summed E-state index contributed by atoms with van der Waals surface area (Å²) in [4.78, 5) is 16.1. The molecule has 0 aliphatic carbocycles. The Kier molecular flexibility index (Phi) is 5.65. The summed E-state index contributed by atoms with van der Waals surface area (Å²) in [5.74, 6) is 0.168. The topological polar surface area (TPSA) is 55.8 Å². The minimum Gasteiger partial charge on any atom is -0.390 e. The molecule has 0 atom stereocenters. The summed E-state index contributed by atoms with van der Waals surface area (Å²) in [5.41, 5.74) is 1.66. The smallest absolute Gasteiger partial charge is 0.317 e. The third-order valence-corrected chi connectivity index (χ3v) is 4.60. The van der Waals surface area contributed by atoms with Crippen molar-refractivity contribution in [2.45, 2.75) is 39.5 Å². The van der Waals surface area contributed by atoms with Crippen LogP contribution in [0, 0.1) is 5.92 Å². The second-order valence-corrected chi connectivity index (χ2v) is 7.06. The van der Waals surface area contributed by atoms with Crippen LogP contribution in [0.15, 0.2) is 24.3 Å². The van der Waals surface area contributed by atoms with E-state index in [-0.39, 0.29) is 11.9 Å². The summed E-state index contributed by atoms with van der Waals surface area (Å²) < 4.78 is 0. The molecule has 0 unspecified atom stereocenters. The van der Waals surface area contributed by atoms with Crippen LogP contribution in [0.5, 0.6) is 0 Å². The molecule has 0 aromatic heterocycles. The van der Waals surface area contributed by atoms with Crippen LogP contribution in [0.4, 0.5) is 4.79 Å². The second-order valence-electron chi connectivity index (χ2n) is 7.06. The molecular weight excluding hydrogens is 290 g/mol. The zero-order chi connectivity index (χ0) is 17.0. The highest BCUT2D eigenvalue weighted by atomic mass is 16.3. The van der Waals surface area contributed by atoms with Gasteiger partial charge in [0.15, 0.2) is 0 Å². The molecule has 0 spiro atoms. The average Bonchev–Trinajstić information content (AvgIpc) is 2.42. The summed E-state index contributed by atoms with van der Waals surface area (Å²) in [6.45, 7) is 9.44. The normalized spacial score (nSPS) is 15.7. The van der Waals surface area contributed by atoms with Crippen LogP contribution in [-0.4, -0.2) is 53.2 Å². The molecule has 1 aliphatic heterocycles. The predicted molar refractivity (Wildman–Crippen MR) is 92.0 cm³/mol. The standard InChI is InChI=1S/C18H29N3O2/c1-5-20(4)11-15-8-6-7-14(9-15)10-19-17(22)21-12-16(13-21)18(2,3)23/h6-9,16,23H,5,10-13H2,1-4H3,(H,19,22). The molecule has 2 rings (SSSR count). The van der Waals surface area contributed by atoms with Gasteiger partial charge in [-0.3, -0.25) is 0 Å². The molecule has 1 aliphatic rings. The van der Waals surface area contributed by atoms with E-state index in [0.717, 1.165) is 18.7 Å². The summed E-state index contributed by atoms with van der Waals surface area (Å²) in [7, 11) is 2.09. The lowest BCUT2D eigenvalue weighted by molar-refractivity contribution is -0.0457. The molecule has 1 aromatic rings. The maximum absolute atomic E-state index is 12.1. The van der Waals surface area contributed by atoms with Crippen LogP contribution >= 0.6 is 0 Å². The highest BCUT2D eigenvalue weighted by Crippen LogP contribution is 2.26. The number of hydrogen-bond donors (Lipinski definition) is 2. The highest BCUT2D eigenvalue weighted by molar-refractivity contribution is 5.75. The van der Waals surface area contributed by atoms with Crippen molar-refractivity contribution < 1.29 is 9.90 Å². The van der Waals surface area contributed by atoms with E-state index in [1.165, 1.54) is 5.56 Å². The van der Waals surface area contributed by atoms with Crippen LogP contribution in [0.2, 0.25) is 0 Å². The number of nitrogens with one attached hydrogen (secondary N) is 1. The summed E-state index contributed by atoms with van der Waals surface area (Å²) in [5, 5.41) is 12.9. The summed E-state index contributed by atoms with van der Waals surface area (Å²) in [6.07, 6.45) is 0. The van der Waals surface area contributed by atoms with Crippen molar-refractivity contribution in [1.29, 1.82) is 0 Å². The average molecular weight is 319 g/mol. The van der Waals surface area contributed by atoms with E-state index in [1.807, 2.05) is 12.1 Å². The second kappa shape index (κ2) is 7.32. The van der Waals surface area contributed by atoms with Gasteiger partial charge in [-0.2, -0.15) is 0 Å².